The van der Waals surface area contributed by atoms with Crippen molar-refractivity contribution in [3.8, 4) is 0 Å². The Hall–Kier alpha value is -0.690. The Labute approximate surface area is 102 Å². The van der Waals surface area contributed by atoms with Crippen LogP contribution in [0, 0.1) is 0 Å². The first-order valence-corrected chi connectivity index (χ1v) is 6.25. The number of carbonyl (C=O) groups is 1. The van der Waals surface area contributed by atoms with Gasteiger partial charge in [0.25, 0.3) is 0 Å². The van der Waals surface area contributed by atoms with Crippen LogP contribution in [0.4, 0.5) is 0 Å². The van der Waals surface area contributed by atoms with Crippen molar-refractivity contribution in [3.63, 3.8) is 0 Å². The van der Waals surface area contributed by atoms with Gasteiger partial charge >= 0.3 is 5.97 Å². The number of ether oxygens (including phenoxy) is 1. The number of aliphatic carboxylic acids is 1. The number of rotatable bonds is 4. The molecular formula is C11H21N3O3. The van der Waals surface area contributed by atoms with E-state index in [0.717, 1.165) is 52.5 Å². The van der Waals surface area contributed by atoms with E-state index >= 15 is 0 Å². The highest BCUT2D eigenvalue weighted by Gasteiger charge is 2.28. The molecule has 0 saturated carbocycles. The number of piperazine rings is 1. The van der Waals surface area contributed by atoms with E-state index in [0.29, 0.717) is 6.54 Å². The van der Waals surface area contributed by atoms with E-state index in [1.165, 1.54) is 0 Å². The van der Waals surface area contributed by atoms with Crippen molar-refractivity contribution in [2.75, 3.05) is 59.0 Å². The maximum absolute atomic E-state index is 11.1. The van der Waals surface area contributed by atoms with Crippen LogP contribution in [-0.4, -0.2) is 85.9 Å². The number of carboxylic acid groups (broad SMARTS) is 1. The Balaban J connectivity index is 1.77. The lowest BCUT2D eigenvalue weighted by Gasteiger charge is -2.35. The van der Waals surface area contributed by atoms with Crippen molar-refractivity contribution in [3.05, 3.63) is 0 Å². The second-order valence-corrected chi connectivity index (χ2v) is 4.55. The van der Waals surface area contributed by atoms with Gasteiger partial charge in [-0.3, -0.25) is 14.6 Å². The van der Waals surface area contributed by atoms with Gasteiger partial charge in [-0.1, -0.05) is 0 Å². The van der Waals surface area contributed by atoms with Crippen molar-refractivity contribution in [2.24, 2.45) is 0 Å². The third kappa shape index (κ3) is 3.64. The number of hydrogen-bond donors (Lipinski definition) is 2. The zero-order chi connectivity index (χ0) is 12.1. The molecule has 17 heavy (non-hydrogen) atoms. The highest BCUT2D eigenvalue weighted by atomic mass is 16.5. The summed E-state index contributed by atoms with van der Waals surface area (Å²) in [7, 11) is 0. The average Bonchev–Trinajstić information content (AvgIpc) is 2.38. The molecule has 2 aliphatic heterocycles. The van der Waals surface area contributed by atoms with Crippen LogP contribution in [0.5, 0.6) is 0 Å². The van der Waals surface area contributed by atoms with Gasteiger partial charge in [-0.15, -0.1) is 0 Å². The van der Waals surface area contributed by atoms with Crippen LogP contribution in [-0.2, 0) is 9.53 Å². The van der Waals surface area contributed by atoms with E-state index < -0.39 is 5.97 Å². The van der Waals surface area contributed by atoms with Crippen LogP contribution >= 0.6 is 0 Å². The van der Waals surface area contributed by atoms with Crippen LogP contribution in [0.2, 0.25) is 0 Å². The summed E-state index contributed by atoms with van der Waals surface area (Å²) < 4.78 is 5.29. The minimum absolute atomic E-state index is 0.371. The topological polar surface area (TPSA) is 65.0 Å². The molecule has 2 heterocycles. The summed E-state index contributed by atoms with van der Waals surface area (Å²) in [5.41, 5.74) is 0. The van der Waals surface area contributed by atoms with Crippen LogP contribution < -0.4 is 5.32 Å². The molecule has 0 aromatic rings. The fourth-order valence-electron chi connectivity index (χ4n) is 2.35. The Morgan fingerprint density at radius 3 is 2.76 bits per heavy atom. The first kappa shape index (κ1) is 12.8. The standard InChI is InChI=1S/C11H21N3O3/c15-11(16)10-9-12-1-2-14(10)4-3-13-5-7-17-8-6-13/h10,12H,1-9H2,(H,15,16). The van der Waals surface area contributed by atoms with Crippen molar-refractivity contribution >= 4 is 5.97 Å². The van der Waals surface area contributed by atoms with Crippen molar-refractivity contribution in [1.82, 2.24) is 15.1 Å². The monoisotopic (exact) mass is 243 g/mol. The number of morpholine rings is 1. The van der Waals surface area contributed by atoms with Gasteiger partial charge in [-0.2, -0.15) is 0 Å². The van der Waals surface area contributed by atoms with E-state index in [9.17, 15) is 4.79 Å². The molecule has 2 rings (SSSR count). The molecule has 0 spiro atoms. The first-order chi connectivity index (χ1) is 8.27. The Bertz CT molecular complexity index is 256. The third-order valence-electron chi connectivity index (χ3n) is 3.45. The number of nitrogens with one attached hydrogen (secondary N) is 1. The highest BCUT2D eigenvalue weighted by Crippen LogP contribution is 2.05. The van der Waals surface area contributed by atoms with Crippen molar-refractivity contribution < 1.29 is 14.6 Å². The van der Waals surface area contributed by atoms with E-state index in [4.69, 9.17) is 9.84 Å². The summed E-state index contributed by atoms with van der Waals surface area (Å²) in [6.07, 6.45) is 0. The molecule has 2 fully saturated rings. The van der Waals surface area contributed by atoms with Gasteiger partial charge in [0.1, 0.15) is 6.04 Å². The summed E-state index contributed by atoms with van der Waals surface area (Å²) in [5.74, 6) is -0.723. The number of hydrogen-bond acceptors (Lipinski definition) is 5. The second kappa shape index (κ2) is 6.30. The third-order valence-corrected chi connectivity index (χ3v) is 3.45. The molecule has 0 radical (unpaired) electrons. The zero-order valence-corrected chi connectivity index (χ0v) is 10.1. The summed E-state index contributed by atoms with van der Waals surface area (Å²) in [6.45, 7) is 7.54. The van der Waals surface area contributed by atoms with Gasteiger partial charge in [0.05, 0.1) is 13.2 Å². The molecule has 2 saturated heterocycles. The second-order valence-electron chi connectivity index (χ2n) is 4.55. The predicted molar refractivity (Wildman–Crippen MR) is 63.1 cm³/mol. The molecule has 1 atom stereocenters. The quantitative estimate of drug-likeness (QED) is 0.638. The maximum Gasteiger partial charge on any atom is 0.322 e. The molecule has 2 N–H and O–H groups in total. The highest BCUT2D eigenvalue weighted by molar-refractivity contribution is 5.73. The smallest absolute Gasteiger partial charge is 0.322 e. The van der Waals surface area contributed by atoms with E-state index in [1.807, 2.05) is 0 Å². The minimum atomic E-state index is -0.723. The molecule has 2 aliphatic rings. The molecule has 98 valence electrons. The fraction of sp³-hybridized carbons (Fsp3) is 0.909. The van der Waals surface area contributed by atoms with Crippen LogP contribution in [0.1, 0.15) is 0 Å². The molecule has 6 nitrogen and oxygen atoms in total. The lowest BCUT2D eigenvalue weighted by atomic mass is 10.2. The fourth-order valence-corrected chi connectivity index (χ4v) is 2.35. The van der Waals surface area contributed by atoms with E-state index in [-0.39, 0.29) is 6.04 Å². The normalized spacial score (nSPS) is 28.1. The van der Waals surface area contributed by atoms with Crippen LogP contribution in [0.15, 0.2) is 0 Å². The summed E-state index contributed by atoms with van der Waals surface area (Å²) >= 11 is 0. The average molecular weight is 243 g/mol. The van der Waals surface area contributed by atoms with Gasteiger partial charge in [-0.05, 0) is 0 Å². The maximum atomic E-state index is 11.1. The largest absolute Gasteiger partial charge is 0.480 e. The van der Waals surface area contributed by atoms with Crippen LogP contribution in [0.3, 0.4) is 0 Å². The van der Waals surface area contributed by atoms with Gasteiger partial charge in [0, 0.05) is 45.8 Å². The molecule has 0 aromatic carbocycles. The van der Waals surface area contributed by atoms with Gasteiger partial charge in [-0.25, -0.2) is 0 Å². The van der Waals surface area contributed by atoms with Gasteiger partial charge in [0.15, 0.2) is 0 Å². The molecule has 1 unspecified atom stereocenters. The lowest BCUT2D eigenvalue weighted by Crippen LogP contribution is -2.56. The molecular weight excluding hydrogens is 222 g/mol. The summed E-state index contributed by atoms with van der Waals surface area (Å²) in [4.78, 5) is 15.5. The Kier molecular flexibility index (Phi) is 4.73. The Morgan fingerprint density at radius 2 is 2.06 bits per heavy atom. The lowest BCUT2D eigenvalue weighted by molar-refractivity contribution is -0.144. The predicted octanol–water partition coefficient (Wildman–Crippen LogP) is -1.32. The van der Waals surface area contributed by atoms with E-state index in [1.54, 1.807) is 0 Å². The van der Waals surface area contributed by atoms with Gasteiger partial charge in [0.2, 0.25) is 0 Å². The molecule has 0 aliphatic carbocycles. The molecule has 0 amide bonds. The summed E-state index contributed by atoms with van der Waals surface area (Å²) in [6, 6.07) is -0.371. The van der Waals surface area contributed by atoms with Crippen molar-refractivity contribution in [2.45, 2.75) is 6.04 Å². The van der Waals surface area contributed by atoms with Gasteiger partial charge < -0.3 is 15.2 Å². The van der Waals surface area contributed by atoms with Crippen LogP contribution in [0.25, 0.3) is 0 Å². The zero-order valence-electron chi connectivity index (χ0n) is 10.1. The molecule has 6 heteroatoms. The molecule has 0 bridgehead atoms. The number of carboxylic acids is 1. The minimum Gasteiger partial charge on any atom is -0.480 e. The SMILES string of the molecule is O=C(O)C1CNCCN1CCN1CCOCC1. The molecule has 0 aromatic heterocycles. The first-order valence-electron chi connectivity index (χ1n) is 6.25. The summed E-state index contributed by atoms with van der Waals surface area (Å²) in [5, 5.41) is 12.3. The number of nitrogens with zero attached hydrogens (tertiary/aromatic N) is 2. The van der Waals surface area contributed by atoms with Crippen molar-refractivity contribution in [1.29, 1.82) is 0 Å². The van der Waals surface area contributed by atoms with E-state index in [2.05, 4.69) is 15.1 Å². The Morgan fingerprint density at radius 1 is 1.29 bits per heavy atom.